The Hall–Kier alpha value is -1.00. The molecule has 0 aromatic heterocycles. The lowest BCUT2D eigenvalue weighted by Gasteiger charge is -2.11. The Labute approximate surface area is 125 Å². The molecular formula is C16H24O3S. The molecule has 0 aliphatic rings. The van der Waals surface area contributed by atoms with Gasteiger partial charge in [0.2, 0.25) is 0 Å². The number of aliphatic hydroxyl groups is 1. The summed E-state index contributed by atoms with van der Waals surface area (Å²) in [6.07, 6.45) is 2.60. The predicted octanol–water partition coefficient (Wildman–Crippen LogP) is 3.36. The van der Waals surface area contributed by atoms with Crippen molar-refractivity contribution >= 4 is 17.7 Å². The first-order chi connectivity index (χ1) is 9.56. The highest BCUT2D eigenvalue weighted by Crippen LogP contribution is 2.20. The smallest absolute Gasteiger partial charge is 0.315 e. The molecule has 1 aromatic carbocycles. The number of hydrogen-bond donors (Lipinski definition) is 1. The molecule has 112 valence electrons. The molecule has 0 saturated carbocycles. The van der Waals surface area contributed by atoms with Crippen LogP contribution in [0.3, 0.4) is 0 Å². The van der Waals surface area contributed by atoms with Crippen LogP contribution in [0.1, 0.15) is 43.7 Å². The van der Waals surface area contributed by atoms with Gasteiger partial charge in [0.1, 0.15) is 5.44 Å². The standard InChI is InChI=1S/C16H24O3S/c1-4-12(2)14-8-5-13(6-9-14)7-10-16(18)20-11-15(17)19-3/h5-6,8-9,12,16,18H,4,7,10-11H2,1-3H3. The molecule has 0 aliphatic heterocycles. The summed E-state index contributed by atoms with van der Waals surface area (Å²) in [5.41, 5.74) is 2.05. The van der Waals surface area contributed by atoms with Gasteiger partial charge < -0.3 is 9.84 Å². The Morgan fingerprint density at radius 1 is 1.35 bits per heavy atom. The van der Waals surface area contributed by atoms with Crippen molar-refractivity contribution in [2.75, 3.05) is 12.9 Å². The molecule has 20 heavy (non-hydrogen) atoms. The van der Waals surface area contributed by atoms with Crippen molar-refractivity contribution in [3.63, 3.8) is 0 Å². The van der Waals surface area contributed by atoms with Gasteiger partial charge in [0.15, 0.2) is 0 Å². The van der Waals surface area contributed by atoms with E-state index in [-0.39, 0.29) is 11.7 Å². The molecule has 0 fully saturated rings. The van der Waals surface area contributed by atoms with Crippen LogP contribution in [0.4, 0.5) is 0 Å². The quantitative estimate of drug-likeness (QED) is 0.590. The van der Waals surface area contributed by atoms with Gasteiger partial charge in [0.05, 0.1) is 12.9 Å². The second-order valence-electron chi connectivity index (χ2n) is 4.93. The number of thioether (sulfide) groups is 1. The number of esters is 1. The van der Waals surface area contributed by atoms with Crippen LogP contribution in [-0.4, -0.2) is 29.4 Å². The Morgan fingerprint density at radius 2 is 2.00 bits per heavy atom. The topological polar surface area (TPSA) is 46.5 Å². The minimum absolute atomic E-state index is 0.199. The lowest BCUT2D eigenvalue weighted by molar-refractivity contribution is -0.137. The van der Waals surface area contributed by atoms with Crippen molar-refractivity contribution in [1.29, 1.82) is 0 Å². The van der Waals surface area contributed by atoms with Gasteiger partial charge in [-0.15, -0.1) is 11.8 Å². The molecule has 2 atom stereocenters. The monoisotopic (exact) mass is 296 g/mol. The molecule has 0 aliphatic carbocycles. The maximum absolute atomic E-state index is 11.0. The van der Waals surface area contributed by atoms with E-state index in [9.17, 15) is 9.90 Å². The molecular weight excluding hydrogens is 272 g/mol. The number of carbonyl (C=O) groups is 1. The van der Waals surface area contributed by atoms with Gasteiger partial charge in [-0.2, -0.15) is 0 Å². The van der Waals surface area contributed by atoms with Crippen molar-refractivity contribution in [3.05, 3.63) is 35.4 Å². The number of aliphatic hydroxyl groups excluding tert-OH is 1. The van der Waals surface area contributed by atoms with Crippen LogP contribution in [-0.2, 0) is 16.0 Å². The summed E-state index contributed by atoms with van der Waals surface area (Å²) in [7, 11) is 1.36. The highest BCUT2D eigenvalue weighted by Gasteiger charge is 2.09. The largest absolute Gasteiger partial charge is 0.468 e. The van der Waals surface area contributed by atoms with E-state index in [2.05, 4.69) is 42.8 Å². The average Bonchev–Trinajstić information content (AvgIpc) is 2.50. The lowest BCUT2D eigenvalue weighted by Crippen LogP contribution is -2.10. The summed E-state index contributed by atoms with van der Waals surface area (Å²) in [5.74, 6) is 0.488. The maximum atomic E-state index is 11.0. The number of ether oxygens (including phenoxy) is 1. The van der Waals surface area contributed by atoms with Gasteiger partial charge in [-0.3, -0.25) is 4.79 Å². The first kappa shape index (κ1) is 17.1. The van der Waals surface area contributed by atoms with E-state index in [1.807, 2.05) is 0 Å². The molecule has 0 radical (unpaired) electrons. The average molecular weight is 296 g/mol. The fraction of sp³-hybridized carbons (Fsp3) is 0.562. The van der Waals surface area contributed by atoms with E-state index in [4.69, 9.17) is 0 Å². The normalized spacial score (nSPS) is 13.8. The van der Waals surface area contributed by atoms with Gasteiger partial charge in [0.25, 0.3) is 0 Å². The van der Waals surface area contributed by atoms with E-state index in [0.717, 1.165) is 12.8 Å². The second kappa shape index (κ2) is 9.03. The Balaban J connectivity index is 2.36. The van der Waals surface area contributed by atoms with Crippen LogP contribution < -0.4 is 0 Å². The Bertz CT molecular complexity index is 403. The summed E-state index contributed by atoms with van der Waals surface area (Å²) >= 11 is 1.22. The van der Waals surface area contributed by atoms with Crippen molar-refractivity contribution < 1.29 is 14.6 Å². The van der Waals surface area contributed by atoms with Crippen molar-refractivity contribution in [2.45, 2.75) is 44.5 Å². The maximum Gasteiger partial charge on any atom is 0.315 e. The highest BCUT2D eigenvalue weighted by molar-refractivity contribution is 8.00. The van der Waals surface area contributed by atoms with Gasteiger partial charge in [-0.25, -0.2) is 0 Å². The van der Waals surface area contributed by atoms with E-state index >= 15 is 0 Å². The summed E-state index contributed by atoms with van der Waals surface area (Å²) in [5, 5.41) is 9.79. The predicted molar refractivity (Wildman–Crippen MR) is 83.9 cm³/mol. The summed E-state index contributed by atoms with van der Waals surface area (Å²) in [6.45, 7) is 4.41. The molecule has 2 unspecified atom stereocenters. The second-order valence-corrected chi connectivity index (χ2v) is 6.10. The number of methoxy groups -OCH3 is 1. The zero-order valence-corrected chi connectivity index (χ0v) is 13.3. The number of benzene rings is 1. The van der Waals surface area contributed by atoms with Crippen molar-refractivity contribution in [3.8, 4) is 0 Å². The van der Waals surface area contributed by atoms with Crippen molar-refractivity contribution in [1.82, 2.24) is 0 Å². The molecule has 1 N–H and O–H groups in total. The molecule has 0 amide bonds. The third-order valence-corrected chi connectivity index (χ3v) is 4.49. The molecule has 0 saturated heterocycles. The zero-order chi connectivity index (χ0) is 15.0. The number of carbonyl (C=O) groups excluding carboxylic acids is 1. The first-order valence-electron chi connectivity index (χ1n) is 7.02. The molecule has 0 spiro atoms. The van der Waals surface area contributed by atoms with Gasteiger partial charge >= 0.3 is 5.97 Å². The molecule has 4 heteroatoms. The molecule has 3 nitrogen and oxygen atoms in total. The Morgan fingerprint density at radius 3 is 2.55 bits per heavy atom. The van der Waals surface area contributed by atoms with Gasteiger partial charge in [-0.1, -0.05) is 38.1 Å². The zero-order valence-electron chi connectivity index (χ0n) is 12.5. The molecule has 1 aromatic rings. The Kier molecular flexibility index (Phi) is 7.70. The fourth-order valence-corrected chi connectivity index (χ4v) is 2.58. The third-order valence-electron chi connectivity index (χ3n) is 3.46. The third kappa shape index (κ3) is 5.97. The van der Waals surface area contributed by atoms with E-state index in [1.54, 1.807) is 0 Å². The first-order valence-corrected chi connectivity index (χ1v) is 8.07. The number of rotatable bonds is 8. The SMILES string of the molecule is CCC(C)c1ccc(CCC(O)SCC(=O)OC)cc1. The number of aryl methyl sites for hydroxylation is 1. The van der Waals surface area contributed by atoms with Crippen molar-refractivity contribution in [2.24, 2.45) is 0 Å². The minimum Gasteiger partial charge on any atom is -0.468 e. The fourth-order valence-electron chi connectivity index (χ4n) is 1.85. The van der Waals surface area contributed by atoms with E-state index in [1.165, 1.54) is 30.0 Å². The van der Waals surface area contributed by atoms with Gasteiger partial charge in [-0.05, 0) is 36.3 Å². The molecule has 0 heterocycles. The van der Waals surface area contributed by atoms with Crippen LogP contribution >= 0.6 is 11.8 Å². The minimum atomic E-state index is -0.525. The number of hydrogen-bond acceptors (Lipinski definition) is 4. The van der Waals surface area contributed by atoms with Crippen LogP contribution in [0.5, 0.6) is 0 Å². The van der Waals surface area contributed by atoms with Crippen LogP contribution in [0, 0.1) is 0 Å². The molecule has 1 rings (SSSR count). The molecule has 0 bridgehead atoms. The van der Waals surface area contributed by atoms with Crippen LogP contribution in [0.2, 0.25) is 0 Å². The summed E-state index contributed by atoms with van der Waals surface area (Å²) < 4.78 is 4.54. The summed E-state index contributed by atoms with van der Waals surface area (Å²) in [6, 6.07) is 8.58. The summed E-state index contributed by atoms with van der Waals surface area (Å²) in [4.78, 5) is 11.0. The highest BCUT2D eigenvalue weighted by atomic mass is 32.2. The van der Waals surface area contributed by atoms with Gasteiger partial charge in [0, 0.05) is 0 Å². The van der Waals surface area contributed by atoms with Crippen LogP contribution in [0.15, 0.2) is 24.3 Å². The van der Waals surface area contributed by atoms with E-state index < -0.39 is 5.44 Å². The lowest BCUT2D eigenvalue weighted by atomic mass is 9.97. The van der Waals surface area contributed by atoms with E-state index in [0.29, 0.717) is 12.3 Å². The van der Waals surface area contributed by atoms with Crippen LogP contribution in [0.25, 0.3) is 0 Å².